The lowest BCUT2D eigenvalue weighted by molar-refractivity contribution is 0.0564. The molecule has 1 amide bonds. The van der Waals surface area contributed by atoms with Gasteiger partial charge in [-0.1, -0.05) is 49.4 Å². The number of fused-ring (bicyclic) bond motifs is 1. The maximum atomic E-state index is 13.8. The quantitative estimate of drug-likeness (QED) is 0.490. The largest absolute Gasteiger partial charge is 0.496 e. The van der Waals surface area contributed by atoms with E-state index in [2.05, 4.69) is 0 Å². The van der Waals surface area contributed by atoms with Crippen molar-refractivity contribution >= 4 is 15.9 Å². The molecule has 0 saturated heterocycles. The second-order valence-electron chi connectivity index (χ2n) is 9.65. The smallest absolute Gasteiger partial charge is 0.253 e. The monoisotopic (exact) mass is 538 g/mol. The van der Waals surface area contributed by atoms with Gasteiger partial charge >= 0.3 is 0 Å². The van der Waals surface area contributed by atoms with Crippen LogP contribution >= 0.6 is 0 Å². The third-order valence-corrected chi connectivity index (χ3v) is 8.93. The Labute approximate surface area is 224 Å². The first-order valence-electron chi connectivity index (χ1n) is 12.5. The number of nitrogens with zero attached hydrogens (tertiary/aromatic N) is 2. The molecular weight excluding hydrogens is 504 g/mol. The molecule has 1 aliphatic rings. The van der Waals surface area contributed by atoms with E-state index in [-0.39, 0.29) is 42.2 Å². The minimum Gasteiger partial charge on any atom is -0.496 e. The number of sulfonamides is 1. The number of rotatable bonds is 7. The second-order valence-corrected chi connectivity index (χ2v) is 11.5. The van der Waals surface area contributed by atoms with Crippen molar-refractivity contribution in [3.8, 4) is 22.6 Å². The zero-order valence-corrected chi connectivity index (χ0v) is 22.9. The molecule has 1 heterocycles. The maximum Gasteiger partial charge on any atom is 0.253 e. The Bertz CT molecular complexity index is 1380. The summed E-state index contributed by atoms with van der Waals surface area (Å²) in [5.41, 5.74) is 2.09. The number of hydrogen-bond acceptors (Lipinski definition) is 6. The number of carbonyl (C=O) groups excluding carboxylic acids is 1. The van der Waals surface area contributed by atoms with Gasteiger partial charge in [-0.3, -0.25) is 4.79 Å². The van der Waals surface area contributed by atoms with E-state index in [0.717, 1.165) is 11.1 Å². The lowest BCUT2D eigenvalue weighted by Crippen LogP contribution is -2.50. The summed E-state index contributed by atoms with van der Waals surface area (Å²) in [7, 11) is -0.684. The normalized spacial score (nSPS) is 19.8. The van der Waals surface area contributed by atoms with Crippen LogP contribution in [0.4, 0.5) is 0 Å². The van der Waals surface area contributed by atoms with Crippen LogP contribution in [-0.4, -0.2) is 74.6 Å². The van der Waals surface area contributed by atoms with Crippen molar-refractivity contribution in [2.45, 2.75) is 30.9 Å². The number of para-hydroxylation sites is 1. The second kappa shape index (κ2) is 11.6. The standard InChI is InChI=1S/C29H34N2O6S/c1-20-17-31(21(2)19-32)38(34,35)28-15-14-23(24-12-8-9-13-25(24)36-4)16-26(28)37-27(20)18-30(3)29(33)22-10-6-5-7-11-22/h5-16,20-21,27,32H,17-19H2,1-4H3/t20-,21+,27-/m1/s1. The molecule has 3 aromatic rings. The van der Waals surface area contributed by atoms with Crippen molar-refractivity contribution in [3.05, 3.63) is 78.4 Å². The van der Waals surface area contributed by atoms with E-state index in [4.69, 9.17) is 9.47 Å². The van der Waals surface area contributed by atoms with Crippen LogP contribution in [0.2, 0.25) is 0 Å². The fourth-order valence-corrected chi connectivity index (χ4v) is 6.47. The van der Waals surface area contributed by atoms with E-state index in [0.29, 0.717) is 11.3 Å². The highest BCUT2D eigenvalue weighted by Crippen LogP contribution is 2.38. The predicted molar refractivity (Wildman–Crippen MR) is 146 cm³/mol. The van der Waals surface area contributed by atoms with Crippen molar-refractivity contribution < 1.29 is 27.8 Å². The van der Waals surface area contributed by atoms with Crippen molar-refractivity contribution in [2.75, 3.05) is 33.9 Å². The predicted octanol–water partition coefficient (Wildman–Crippen LogP) is 3.90. The molecule has 8 nitrogen and oxygen atoms in total. The fourth-order valence-electron chi connectivity index (χ4n) is 4.65. The van der Waals surface area contributed by atoms with Crippen LogP contribution < -0.4 is 9.47 Å². The molecule has 0 aromatic heterocycles. The van der Waals surface area contributed by atoms with E-state index in [1.54, 1.807) is 50.2 Å². The number of benzene rings is 3. The van der Waals surface area contributed by atoms with Crippen LogP contribution in [0.15, 0.2) is 77.7 Å². The van der Waals surface area contributed by atoms with Crippen LogP contribution in [0.25, 0.3) is 11.1 Å². The third kappa shape index (κ3) is 5.55. The molecule has 0 radical (unpaired) electrons. The number of aliphatic hydroxyl groups excluding tert-OH is 1. The van der Waals surface area contributed by atoms with Crippen LogP contribution in [0.5, 0.6) is 11.5 Å². The highest BCUT2D eigenvalue weighted by molar-refractivity contribution is 7.89. The van der Waals surface area contributed by atoms with E-state index < -0.39 is 22.2 Å². The van der Waals surface area contributed by atoms with E-state index in [1.807, 2.05) is 49.4 Å². The number of ether oxygens (including phenoxy) is 2. The summed E-state index contributed by atoms with van der Waals surface area (Å²) in [5.74, 6) is 0.406. The van der Waals surface area contributed by atoms with E-state index in [9.17, 15) is 18.3 Å². The topological polar surface area (TPSA) is 96.4 Å². The summed E-state index contributed by atoms with van der Waals surface area (Å²) in [4.78, 5) is 14.7. The Kier molecular flexibility index (Phi) is 8.40. The van der Waals surface area contributed by atoms with E-state index >= 15 is 0 Å². The maximum absolute atomic E-state index is 13.8. The molecule has 0 unspecified atom stereocenters. The molecular formula is C29H34N2O6S. The summed E-state index contributed by atoms with van der Waals surface area (Å²) in [5, 5.41) is 9.87. The minimum atomic E-state index is -3.98. The lowest BCUT2D eigenvalue weighted by atomic mass is 10.0. The van der Waals surface area contributed by atoms with Gasteiger partial charge in [0, 0.05) is 36.7 Å². The zero-order valence-electron chi connectivity index (χ0n) is 22.1. The molecule has 1 N–H and O–H groups in total. The van der Waals surface area contributed by atoms with Crippen LogP contribution in [-0.2, 0) is 10.0 Å². The van der Waals surface area contributed by atoms with Crippen LogP contribution in [0.1, 0.15) is 24.2 Å². The van der Waals surface area contributed by atoms with Gasteiger partial charge in [0.25, 0.3) is 5.91 Å². The molecule has 3 atom stereocenters. The molecule has 1 aliphatic heterocycles. The van der Waals surface area contributed by atoms with Gasteiger partial charge < -0.3 is 19.5 Å². The van der Waals surface area contributed by atoms with Crippen molar-refractivity contribution in [1.29, 1.82) is 0 Å². The third-order valence-electron chi connectivity index (χ3n) is 6.91. The van der Waals surface area contributed by atoms with Gasteiger partial charge in [-0.05, 0) is 42.8 Å². The Morgan fingerprint density at radius 3 is 2.50 bits per heavy atom. The highest BCUT2D eigenvalue weighted by atomic mass is 32.2. The number of methoxy groups -OCH3 is 1. The average Bonchev–Trinajstić information content (AvgIpc) is 2.94. The van der Waals surface area contributed by atoms with Gasteiger partial charge in [-0.2, -0.15) is 4.31 Å². The van der Waals surface area contributed by atoms with Gasteiger partial charge in [-0.25, -0.2) is 8.42 Å². The summed E-state index contributed by atoms with van der Waals surface area (Å²) >= 11 is 0. The molecule has 0 saturated carbocycles. The molecule has 202 valence electrons. The average molecular weight is 539 g/mol. The molecule has 0 fully saturated rings. The van der Waals surface area contributed by atoms with Crippen molar-refractivity contribution in [1.82, 2.24) is 9.21 Å². The molecule has 4 rings (SSSR count). The first kappa shape index (κ1) is 27.6. The van der Waals surface area contributed by atoms with Crippen molar-refractivity contribution in [2.24, 2.45) is 5.92 Å². The number of amides is 1. The number of aliphatic hydroxyl groups is 1. The Balaban J connectivity index is 1.77. The fraction of sp³-hybridized carbons (Fsp3) is 0.345. The van der Waals surface area contributed by atoms with Gasteiger partial charge in [0.1, 0.15) is 22.5 Å². The molecule has 0 aliphatic carbocycles. The minimum absolute atomic E-state index is 0.0189. The lowest BCUT2D eigenvalue weighted by Gasteiger charge is -2.37. The molecule has 9 heteroatoms. The summed E-state index contributed by atoms with van der Waals surface area (Å²) < 4.78 is 40.8. The first-order chi connectivity index (χ1) is 18.2. The molecule has 38 heavy (non-hydrogen) atoms. The Hall–Kier alpha value is -3.40. The van der Waals surface area contributed by atoms with E-state index in [1.165, 1.54) is 10.4 Å². The van der Waals surface area contributed by atoms with Gasteiger partial charge in [0.2, 0.25) is 10.0 Å². The van der Waals surface area contributed by atoms with Gasteiger partial charge in [0.05, 0.1) is 20.3 Å². The summed E-state index contributed by atoms with van der Waals surface area (Å²) in [6.45, 7) is 3.63. The first-order valence-corrected chi connectivity index (χ1v) is 14.0. The molecule has 0 bridgehead atoms. The van der Waals surface area contributed by atoms with Gasteiger partial charge in [-0.15, -0.1) is 0 Å². The highest BCUT2D eigenvalue weighted by Gasteiger charge is 2.38. The van der Waals surface area contributed by atoms with Gasteiger partial charge in [0.15, 0.2) is 0 Å². The molecule has 0 spiro atoms. The number of carbonyl (C=O) groups is 1. The molecule has 3 aromatic carbocycles. The number of hydrogen-bond donors (Lipinski definition) is 1. The van der Waals surface area contributed by atoms with Crippen molar-refractivity contribution in [3.63, 3.8) is 0 Å². The SMILES string of the molecule is COc1ccccc1-c1ccc2c(c1)O[C@H](CN(C)C(=O)c1ccccc1)[C@H](C)CN([C@@H](C)CO)S2(=O)=O. The Morgan fingerprint density at radius 2 is 1.82 bits per heavy atom. The van der Waals surface area contributed by atoms with Crippen LogP contribution in [0, 0.1) is 5.92 Å². The Morgan fingerprint density at radius 1 is 1.13 bits per heavy atom. The number of likely N-dealkylation sites (N-methyl/N-ethyl adjacent to an activating group) is 1. The van der Waals surface area contributed by atoms with Crippen LogP contribution in [0.3, 0.4) is 0 Å². The zero-order chi connectivity index (χ0) is 27.4. The summed E-state index contributed by atoms with van der Waals surface area (Å²) in [6.07, 6.45) is -0.511. The summed E-state index contributed by atoms with van der Waals surface area (Å²) in [6, 6.07) is 20.8.